The van der Waals surface area contributed by atoms with Crippen LogP contribution < -0.4 is 10.1 Å². The minimum atomic E-state index is -0.197. The lowest BCUT2D eigenvalue weighted by Crippen LogP contribution is -2.20. The Labute approximate surface area is 188 Å². The monoisotopic (exact) mass is 479 g/mol. The van der Waals surface area contributed by atoms with Crippen molar-refractivity contribution in [1.29, 1.82) is 0 Å². The van der Waals surface area contributed by atoms with Crippen LogP contribution >= 0.6 is 15.9 Å². The Morgan fingerprint density at radius 3 is 2.68 bits per heavy atom. The maximum atomic E-state index is 12.4. The Balaban J connectivity index is 1.68. The number of amides is 1. The molecule has 5 nitrogen and oxygen atoms in total. The van der Waals surface area contributed by atoms with E-state index in [1.165, 1.54) is 0 Å². The summed E-state index contributed by atoms with van der Waals surface area (Å²) in [6, 6.07) is 15.6. The first-order valence-electron chi connectivity index (χ1n) is 9.98. The number of carbonyl (C=O) groups is 1. The number of furan rings is 2. The Morgan fingerprint density at radius 2 is 1.97 bits per heavy atom. The van der Waals surface area contributed by atoms with Gasteiger partial charge in [-0.05, 0) is 55.3 Å². The van der Waals surface area contributed by atoms with Crippen LogP contribution in [0.15, 0.2) is 80.4 Å². The number of carbonyl (C=O) groups excluding carboxylic acids is 1. The van der Waals surface area contributed by atoms with E-state index in [-0.39, 0.29) is 5.91 Å². The molecule has 0 atom stereocenters. The molecule has 4 rings (SSSR count). The number of allylic oxidation sites excluding steroid dienone is 1. The molecule has 0 spiro atoms. The zero-order valence-corrected chi connectivity index (χ0v) is 18.9. The van der Waals surface area contributed by atoms with E-state index in [9.17, 15) is 4.79 Å². The van der Waals surface area contributed by atoms with Gasteiger partial charge in [-0.15, -0.1) is 0 Å². The predicted octanol–water partition coefficient (Wildman–Crippen LogP) is 6.57. The molecule has 0 radical (unpaired) electrons. The van der Waals surface area contributed by atoms with Crippen molar-refractivity contribution in [3.05, 3.63) is 82.9 Å². The van der Waals surface area contributed by atoms with Crippen molar-refractivity contribution >= 4 is 38.4 Å². The average molecular weight is 480 g/mol. The fourth-order valence-corrected chi connectivity index (χ4v) is 3.67. The first-order valence-corrected chi connectivity index (χ1v) is 10.8. The number of rotatable bonds is 7. The molecular formula is C25H22BrNO4. The van der Waals surface area contributed by atoms with Crippen molar-refractivity contribution < 1.29 is 18.4 Å². The van der Waals surface area contributed by atoms with E-state index in [2.05, 4.69) is 21.2 Å². The van der Waals surface area contributed by atoms with Crippen molar-refractivity contribution in [2.24, 2.45) is 0 Å². The molecule has 0 bridgehead atoms. The molecule has 0 fully saturated rings. The minimum absolute atomic E-state index is 0.197. The molecule has 1 amide bonds. The Kier molecular flexibility index (Phi) is 6.28. The molecular weight excluding hydrogens is 458 g/mol. The quantitative estimate of drug-likeness (QED) is 0.304. The number of hydrogen-bond donors (Lipinski definition) is 1. The summed E-state index contributed by atoms with van der Waals surface area (Å²) >= 11 is 3.47. The lowest BCUT2D eigenvalue weighted by Gasteiger charge is -2.12. The summed E-state index contributed by atoms with van der Waals surface area (Å²) in [7, 11) is 0. The van der Waals surface area contributed by atoms with Gasteiger partial charge in [0.2, 0.25) is 5.91 Å². The molecule has 0 saturated heterocycles. The van der Waals surface area contributed by atoms with Gasteiger partial charge in [0.25, 0.3) is 0 Å². The second-order valence-electron chi connectivity index (χ2n) is 7.06. The van der Waals surface area contributed by atoms with Gasteiger partial charge in [-0.3, -0.25) is 4.79 Å². The third kappa shape index (κ3) is 4.75. The number of ether oxygens (including phenoxy) is 1. The van der Waals surface area contributed by atoms with E-state index >= 15 is 0 Å². The van der Waals surface area contributed by atoms with Crippen molar-refractivity contribution in [3.8, 4) is 16.9 Å². The van der Waals surface area contributed by atoms with Crippen LogP contribution in [0.4, 0.5) is 0 Å². The maximum absolute atomic E-state index is 12.4. The van der Waals surface area contributed by atoms with E-state index in [1.54, 1.807) is 24.7 Å². The van der Waals surface area contributed by atoms with E-state index in [1.807, 2.05) is 56.3 Å². The number of benzene rings is 2. The second kappa shape index (κ2) is 9.27. The van der Waals surface area contributed by atoms with Gasteiger partial charge in [-0.1, -0.05) is 28.1 Å². The van der Waals surface area contributed by atoms with Gasteiger partial charge in [-0.25, -0.2) is 0 Å². The van der Waals surface area contributed by atoms with Crippen molar-refractivity contribution in [1.82, 2.24) is 5.32 Å². The van der Waals surface area contributed by atoms with E-state index < -0.39 is 0 Å². The highest BCUT2D eigenvalue weighted by molar-refractivity contribution is 9.10. The fourth-order valence-electron chi connectivity index (χ4n) is 3.40. The summed E-state index contributed by atoms with van der Waals surface area (Å²) < 4.78 is 17.9. The van der Waals surface area contributed by atoms with Gasteiger partial charge < -0.3 is 18.9 Å². The minimum Gasteiger partial charge on any atom is -0.493 e. The van der Waals surface area contributed by atoms with E-state index in [4.69, 9.17) is 13.6 Å². The third-order valence-corrected chi connectivity index (χ3v) is 5.45. The first-order chi connectivity index (χ1) is 15.0. The summed E-state index contributed by atoms with van der Waals surface area (Å²) in [4.78, 5) is 12.4. The molecule has 4 aromatic rings. The summed E-state index contributed by atoms with van der Waals surface area (Å²) in [5, 5.41) is 3.80. The van der Waals surface area contributed by atoms with Crippen LogP contribution in [-0.2, 0) is 11.3 Å². The Bertz CT molecular complexity index is 1220. The normalized spacial score (nSPS) is 11.6. The molecule has 1 N–H and O–H groups in total. The topological polar surface area (TPSA) is 64.6 Å². The zero-order valence-electron chi connectivity index (χ0n) is 17.3. The molecule has 31 heavy (non-hydrogen) atoms. The molecule has 0 aliphatic rings. The van der Waals surface area contributed by atoms with Crippen molar-refractivity contribution in [2.75, 3.05) is 6.61 Å². The van der Waals surface area contributed by atoms with Crippen LogP contribution in [0, 0.1) is 0 Å². The molecule has 0 saturated carbocycles. The van der Waals surface area contributed by atoms with Crippen LogP contribution in [0.25, 0.3) is 27.7 Å². The highest BCUT2D eigenvalue weighted by Gasteiger charge is 2.15. The van der Waals surface area contributed by atoms with Crippen LogP contribution in [0.5, 0.6) is 5.75 Å². The van der Waals surface area contributed by atoms with E-state index in [0.717, 1.165) is 37.7 Å². The van der Waals surface area contributed by atoms with Crippen LogP contribution in [-0.4, -0.2) is 12.5 Å². The lowest BCUT2D eigenvalue weighted by molar-refractivity contribution is -0.116. The molecule has 2 aromatic heterocycles. The Hall–Kier alpha value is -3.25. The predicted molar refractivity (Wildman–Crippen MR) is 125 cm³/mol. The van der Waals surface area contributed by atoms with Gasteiger partial charge in [0.05, 0.1) is 25.7 Å². The third-order valence-electron chi connectivity index (χ3n) is 4.92. The van der Waals surface area contributed by atoms with Gasteiger partial charge in [0.1, 0.15) is 17.1 Å². The molecule has 0 aliphatic carbocycles. The highest BCUT2D eigenvalue weighted by atomic mass is 79.9. The molecule has 6 heteroatoms. The number of fused-ring (bicyclic) bond motifs is 1. The molecule has 2 aromatic carbocycles. The number of halogens is 1. The highest BCUT2D eigenvalue weighted by Crippen LogP contribution is 2.37. The number of hydrogen-bond acceptors (Lipinski definition) is 4. The number of nitrogens with one attached hydrogen (secondary N) is 1. The molecule has 0 aliphatic heterocycles. The van der Waals surface area contributed by atoms with Crippen molar-refractivity contribution in [3.63, 3.8) is 0 Å². The fraction of sp³-hybridized carbons (Fsp3) is 0.160. The summed E-state index contributed by atoms with van der Waals surface area (Å²) in [6.45, 7) is 4.67. The van der Waals surface area contributed by atoms with Gasteiger partial charge in [0, 0.05) is 33.1 Å². The smallest absolute Gasteiger partial charge is 0.244 e. The summed E-state index contributed by atoms with van der Waals surface area (Å²) in [6.07, 6.45) is 4.91. The van der Waals surface area contributed by atoms with Crippen molar-refractivity contribution in [2.45, 2.75) is 20.4 Å². The molecule has 2 heterocycles. The second-order valence-corrected chi connectivity index (χ2v) is 7.97. The SMILES string of the molecule is CCOc1cc2occ(-c3ccc(Br)cc3)c2cc1/C(C)=C/C(=O)NCc1ccco1. The Morgan fingerprint density at radius 1 is 1.16 bits per heavy atom. The van der Waals surface area contributed by atoms with Gasteiger partial charge in [-0.2, -0.15) is 0 Å². The van der Waals surface area contributed by atoms with Crippen LogP contribution in [0.2, 0.25) is 0 Å². The van der Waals surface area contributed by atoms with Gasteiger partial charge in [0.15, 0.2) is 0 Å². The summed E-state index contributed by atoms with van der Waals surface area (Å²) in [5.74, 6) is 1.18. The first kappa shape index (κ1) is 21.0. The van der Waals surface area contributed by atoms with Gasteiger partial charge >= 0.3 is 0 Å². The van der Waals surface area contributed by atoms with E-state index in [0.29, 0.717) is 24.7 Å². The van der Waals surface area contributed by atoms with Crippen LogP contribution in [0.1, 0.15) is 25.2 Å². The molecule has 158 valence electrons. The summed E-state index contributed by atoms with van der Waals surface area (Å²) in [5.41, 5.74) is 4.42. The van der Waals surface area contributed by atoms with Crippen LogP contribution in [0.3, 0.4) is 0 Å². The molecule has 0 unspecified atom stereocenters. The maximum Gasteiger partial charge on any atom is 0.244 e. The lowest BCUT2D eigenvalue weighted by atomic mass is 9.99. The average Bonchev–Trinajstić information content (AvgIpc) is 3.42. The largest absolute Gasteiger partial charge is 0.493 e. The standard InChI is InChI=1S/C25H22BrNO4/c1-3-29-23-13-24-21(22(15-31-24)17-6-8-18(26)9-7-17)12-20(23)16(2)11-25(28)27-14-19-5-4-10-30-19/h4-13,15H,3,14H2,1-2H3,(H,27,28)/b16-11+. The zero-order chi connectivity index (χ0) is 21.8.